The SMILES string of the molecule is N#CC1(C#N)[C@@H](c2cccc(I)c2)[C@@H](C(N)=O)N2C=Cc3ccccc3[C@@H]21. The van der Waals surface area contributed by atoms with E-state index in [0.717, 1.165) is 20.3 Å². The number of nitrogens with two attached hydrogens (primary N) is 1. The second-order valence-electron chi connectivity index (χ2n) is 6.77. The minimum absolute atomic E-state index is 0.541. The summed E-state index contributed by atoms with van der Waals surface area (Å²) in [5, 5.41) is 20.4. The van der Waals surface area contributed by atoms with Crippen LogP contribution in [0.15, 0.2) is 54.7 Å². The average molecular weight is 466 g/mol. The van der Waals surface area contributed by atoms with Crippen molar-refractivity contribution >= 4 is 34.6 Å². The molecule has 6 heteroatoms. The lowest BCUT2D eigenvalue weighted by atomic mass is 9.68. The van der Waals surface area contributed by atoms with E-state index in [9.17, 15) is 15.3 Å². The fourth-order valence-corrected chi connectivity index (χ4v) is 4.96. The summed E-state index contributed by atoms with van der Waals surface area (Å²) in [6.07, 6.45) is 3.69. The van der Waals surface area contributed by atoms with E-state index in [1.54, 1.807) is 11.1 Å². The predicted molar refractivity (Wildman–Crippen MR) is 109 cm³/mol. The molecule has 0 aliphatic carbocycles. The first kappa shape index (κ1) is 17.6. The minimum atomic E-state index is -1.44. The Morgan fingerprint density at radius 1 is 1.15 bits per heavy atom. The minimum Gasteiger partial charge on any atom is -0.368 e. The largest absolute Gasteiger partial charge is 0.368 e. The summed E-state index contributed by atoms with van der Waals surface area (Å²) in [6, 6.07) is 18.4. The molecule has 0 spiro atoms. The zero-order valence-corrected chi connectivity index (χ0v) is 16.4. The Bertz CT molecular complexity index is 1030. The second-order valence-corrected chi connectivity index (χ2v) is 8.01. The van der Waals surface area contributed by atoms with Gasteiger partial charge in [-0.1, -0.05) is 36.4 Å². The number of fused-ring (bicyclic) bond motifs is 3. The number of carbonyl (C=O) groups excluding carboxylic acids is 1. The van der Waals surface area contributed by atoms with Crippen LogP contribution >= 0.6 is 22.6 Å². The van der Waals surface area contributed by atoms with Crippen LogP contribution in [-0.4, -0.2) is 16.8 Å². The van der Waals surface area contributed by atoms with Crippen molar-refractivity contribution in [2.75, 3.05) is 0 Å². The number of hydrogen-bond acceptors (Lipinski definition) is 4. The Labute approximate surface area is 170 Å². The third-order valence-electron chi connectivity index (χ3n) is 5.44. The predicted octanol–water partition coefficient (Wildman–Crippen LogP) is 3.30. The van der Waals surface area contributed by atoms with E-state index in [1.165, 1.54) is 0 Å². The number of rotatable bonds is 2. The highest BCUT2D eigenvalue weighted by molar-refractivity contribution is 14.1. The normalized spacial score (nSPS) is 24.4. The van der Waals surface area contributed by atoms with Gasteiger partial charge in [-0.3, -0.25) is 4.79 Å². The van der Waals surface area contributed by atoms with E-state index in [4.69, 9.17) is 5.73 Å². The second kappa shape index (κ2) is 6.40. The van der Waals surface area contributed by atoms with Gasteiger partial charge in [0.2, 0.25) is 5.91 Å². The molecule has 2 aromatic carbocycles. The number of amides is 1. The molecule has 132 valence electrons. The molecule has 1 amide bonds. The molecule has 0 saturated carbocycles. The fourth-order valence-electron chi connectivity index (χ4n) is 4.39. The molecule has 2 aromatic rings. The first-order valence-electron chi connectivity index (χ1n) is 8.45. The molecule has 2 aliphatic heterocycles. The number of halogens is 1. The van der Waals surface area contributed by atoms with Crippen LogP contribution in [0.2, 0.25) is 0 Å². The van der Waals surface area contributed by atoms with Crippen LogP contribution in [0.4, 0.5) is 0 Å². The molecule has 1 saturated heterocycles. The van der Waals surface area contributed by atoms with E-state index in [-0.39, 0.29) is 0 Å². The van der Waals surface area contributed by atoms with Crippen molar-refractivity contribution in [1.82, 2.24) is 4.90 Å². The highest BCUT2D eigenvalue weighted by Crippen LogP contribution is 2.59. The monoisotopic (exact) mass is 466 g/mol. The zero-order valence-electron chi connectivity index (χ0n) is 14.2. The van der Waals surface area contributed by atoms with Crippen molar-refractivity contribution in [3.05, 3.63) is 75.0 Å². The first-order chi connectivity index (χ1) is 13.0. The lowest BCUT2D eigenvalue weighted by Crippen LogP contribution is -2.41. The third-order valence-corrected chi connectivity index (χ3v) is 6.11. The van der Waals surface area contributed by atoms with Crippen LogP contribution in [0.1, 0.15) is 28.7 Å². The molecule has 0 radical (unpaired) electrons. The molecule has 27 heavy (non-hydrogen) atoms. The van der Waals surface area contributed by atoms with Gasteiger partial charge in [0.25, 0.3) is 0 Å². The summed E-state index contributed by atoms with van der Waals surface area (Å²) in [5.74, 6) is -1.19. The Morgan fingerprint density at radius 3 is 2.56 bits per heavy atom. The fraction of sp³-hybridized carbons (Fsp3) is 0.190. The summed E-state index contributed by atoms with van der Waals surface area (Å²) >= 11 is 2.18. The molecule has 2 aliphatic rings. The highest BCUT2D eigenvalue weighted by Gasteiger charge is 2.63. The molecule has 4 rings (SSSR count). The molecule has 0 aromatic heterocycles. The summed E-state index contributed by atoms with van der Waals surface area (Å²) < 4.78 is 0.971. The van der Waals surface area contributed by atoms with Crippen molar-refractivity contribution in [1.29, 1.82) is 10.5 Å². The number of primary amides is 1. The molecular weight excluding hydrogens is 451 g/mol. The van der Waals surface area contributed by atoms with Crippen molar-refractivity contribution in [3.63, 3.8) is 0 Å². The van der Waals surface area contributed by atoms with E-state index < -0.39 is 29.3 Å². The molecular formula is C21H15IN4O. The summed E-state index contributed by atoms with van der Waals surface area (Å²) in [4.78, 5) is 14.3. The maximum Gasteiger partial charge on any atom is 0.240 e. The molecule has 1 fully saturated rings. The van der Waals surface area contributed by atoms with Crippen LogP contribution in [0.3, 0.4) is 0 Å². The van der Waals surface area contributed by atoms with Crippen LogP contribution in [0.5, 0.6) is 0 Å². The van der Waals surface area contributed by atoms with Crippen LogP contribution in [0, 0.1) is 31.6 Å². The molecule has 0 unspecified atom stereocenters. The quantitative estimate of drug-likeness (QED) is 0.688. The van der Waals surface area contributed by atoms with Crippen molar-refractivity contribution < 1.29 is 4.79 Å². The van der Waals surface area contributed by atoms with Gasteiger partial charge in [0.15, 0.2) is 5.41 Å². The molecule has 3 atom stereocenters. The number of benzene rings is 2. The number of nitrogens with zero attached hydrogens (tertiary/aromatic N) is 3. The van der Waals surface area contributed by atoms with Crippen LogP contribution < -0.4 is 5.73 Å². The topological polar surface area (TPSA) is 93.9 Å². The van der Waals surface area contributed by atoms with Crippen LogP contribution in [-0.2, 0) is 4.79 Å². The average Bonchev–Trinajstić information content (AvgIpc) is 2.99. The van der Waals surface area contributed by atoms with Crippen molar-refractivity contribution in [3.8, 4) is 12.1 Å². The van der Waals surface area contributed by atoms with Gasteiger partial charge in [0.1, 0.15) is 6.04 Å². The van der Waals surface area contributed by atoms with Crippen LogP contribution in [0.25, 0.3) is 6.08 Å². The van der Waals surface area contributed by atoms with E-state index in [0.29, 0.717) is 0 Å². The summed E-state index contributed by atoms with van der Waals surface area (Å²) in [7, 11) is 0. The van der Waals surface area contributed by atoms with E-state index in [2.05, 4.69) is 34.7 Å². The standard InChI is InChI=1S/C21H15IN4O/c22-15-6-3-5-14(10-15)17-18(20(25)27)26-9-8-13-4-1-2-7-16(13)19(26)21(17,11-23)12-24/h1-10,17-19H,(H2,25,27)/t17-,18-,19+/m0/s1. The first-order valence-corrected chi connectivity index (χ1v) is 9.53. The number of nitriles is 2. The Morgan fingerprint density at radius 2 is 1.89 bits per heavy atom. The Balaban J connectivity index is 2.02. The van der Waals surface area contributed by atoms with Gasteiger partial charge in [0.05, 0.1) is 18.2 Å². The summed E-state index contributed by atoms with van der Waals surface area (Å²) in [6.45, 7) is 0. The smallest absolute Gasteiger partial charge is 0.240 e. The van der Waals surface area contributed by atoms with Gasteiger partial charge in [0, 0.05) is 15.7 Å². The third kappa shape index (κ3) is 2.44. The van der Waals surface area contributed by atoms with Gasteiger partial charge in [-0.05, 0) is 57.5 Å². The van der Waals surface area contributed by atoms with Gasteiger partial charge in [-0.25, -0.2) is 0 Å². The highest BCUT2D eigenvalue weighted by atomic mass is 127. The van der Waals surface area contributed by atoms with E-state index in [1.807, 2.05) is 54.6 Å². The molecule has 0 bridgehead atoms. The van der Waals surface area contributed by atoms with E-state index >= 15 is 0 Å². The Kier molecular flexibility index (Phi) is 4.16. The maximum absolute atomic E-state index is 12.5. The number of carbonyl (C=O) groups is 1. The Hall–Kier alpha value is -2.84. The van der Waals surface area contributed by atoms with Gasteiger partial charge in [-0.15, -0.1) is 0 Å². The van der Waals surface area contributed by atoms with Gasteiger partial charge < -0.3 is 10.6 Å². The molecule has 2 N–H and O–H groups in total. The van der Waals surface area contributed by atoms with Crippen molar-refractivity contribution in [2.45, 2.75) is 18.0 Å². The van der Waals surface area contributed by atoms with Crippen molar-refractivity contribution in [2.24, 2.45) is 11.1 Å². The summed E-state index contributed by atoms with van der Waals surface area (Å²) in [5.41, 5.74) is 6.93. The van der Waals surface area contributed by atoms with Gasteiger partial charge >= 0.3 is 0 Å². The molecule has 5 nitrogen and oxygen atoms in total. The zero-order chi connectivity index (χ0) is 19.2. The maximum atomic E-state index is 12.5. The van der Waals surface area contributed by atoms with Gasteiger partial charge in [-0.2, -0.15) is 10.5 Å². The lowest BCUT2D eigenvalue weighted by molar-refractivity contribution is -0.122. The lowest BCUT2D eigenvalue weighted by Gasteiger charge is -2.34. The molecule has 2 heterocycles. The number of hydrogen-bond donors (Lipinski definition) is 1.